The number of hydrogen-bond donors (Lipinski definition) is 0. The minimum absolute atomic E-state index is 0.119. The first-order valence-corrected chi connectivity index (χ1v) is 9.18. The second-order valence-electron chi connectivity index (χ2n) is 7.00. The van der Waals surface area contributed by atoms with E-state index in [1.54, 1.807) is 29.2 Å². The van der Waals surface area contributed by atoms with Crippen LogP contribution < -0.4 is 0 Å². The van der Waals surface area contributed by atoms with E-state index in [-0.39, 0.29) is 23.6 Å². The number of carbonyl (C=O) groups is 3. The predicted molar refractivity (Wildman–Crippen MR) is 97.3 cm³/mol. The molecule has 1 unspecified atom stereocenters. The zero-order valence-corrected chi connectivity index (χ0v) is 15.6. The highest BCUT2D eigenvalue weighted by Gasteiger charge is 2.43. The normalized spacial score (nSPS) is 14.8. The van der Waals surface area contributed by atoms with Crippen LogP contribution in [0.15, 0.2) is 24.3 Å². The van der Waals surface area contributed by atoms with Gasteiger partial charge in [0.25, 0.3) is 11.8 Å². The summed E-state index contributed by atoms with van der Waals surface area (Å²) in [6.45, 7) is 9.34. The lowest BCUT2D eigenvalue weighted by atomic mass is 10.0. The molecule has 3 amide bonds. The Labute approximate surface area is 150 Å². The van der Waals surface area contributed by atoms with Crippen molar-refractivity contribution in [1.29, 1.82) is 0 Å². The summed E-state index contributed by atoms with van der Waals surface area (Å²) in [4.78, 5) is 41.8. The summed E-state index contributed by atoms with van der Waals surface area (Å²) in [5.41, 5.74) is 0.790. The fourth-order valence-corrected chi connectivity index (χ4v) is 3.34. The molecule has 1 aliphatic rings. The molecule has 0 fully saturated rings. The van der Waals surface area contributed by atoms with Gasteiger partial charge in [0.15, 0.2) is 0 Å². The van der Waals surface area contributed by atoms with Crippen molar-refractivity contribution < 1.29 is 14.4 Å². The van der Waals surface area contributed by atoms with Crippen LogP contribution in [0, 0.1) is 5.92 Å². The van der Waals surface area contributed by atoms with Crippen LogP contribution in [0.5, 0.6) is 0 Å². The van der Waals surface area contributed by atoms with Crippen molar-refractivity contribution in [2.24, 2.45) is 5.92 Å². The number of benzene rings is 1. The molecule has 0 aliphatic carbocycles. The van der Waals surface area contributed by atoms with Crippen LogP contribution in [-0.2, 0) is 4.79 Å². The fourth-order valence-electron chi connectivity index (χ4n) is 3.34. The van der Waals surface area contributed by atoms with Gasteiger partial charge in [-0.25, -0.2) is 0 Å². The second-order valence-corrected chi connectivity index (χ2v) is 7.00. The molecule has 0 radical (unpaired) electrons. The first-order valence-electron chi connectivity index (χ1n) is 9.18. The van der Waals surface area contributed by atoms with E-state index in [2.05, 4.69) is 0 Å². The van der Waals surface area contributed by atoms with Gasteiger partial charge >= 0.3 is 0 Å². The number of fused-ring (bicyclic) bond motifs is 1. The Hall–Kier alpha value is -2.17. The van der Waals surface area contributed by atoms with Crippen LogP contribution in [0.25, 0.3) is 0 Å². The molecule has 1 atom stereocenters. The molecular formula is C20H28N2O3. The largest absolute Gasteiger partial charge is 0.341 e. The highest BCUT2D eigenvalue weighted by molar-refractivity contribution is 6.22. The van der Waals surface area contributed by atoms with Gasteiger partial charge < -0.3 is 4.90 Å². The van der Waals surface area contributed by atoms with Gasteiger partial charge in [-0.1, -0.05) is 39.8 Å². The van der Waals surface area contributed by atoms with Gasteiger partial charge in [0.2, 0.25) is 5.91 Å². The molecule has 5 heteroatoms. The molecule has 0 N–H and O–H groups in total. The third kappa shape index (κ3) is 3.91. The molecule has 1 heterocycles. The topological polar surface area (TPSA) is 57.7 Å². The zero-order chi connectivity index (χ0) is 18.6. The minimum atomic E-state index is -0.731. The van der Waals surface area contributed by atoms with Crippen LogP contribution in [0.4, 0.5) is 0 Å². The van der Waals surface area contributed by atoms with E-state index in [9.17, 15) is 14.4 Å². The Balaban J connectivity index is 2.36. The van der Waals surface area contributed by atoms with E-state index in [4.69, 9.17) is 0 Å². The lowest BCUT2D eigenvalue weighted by Gasteiger charge is -2.32. The Bertz CT molecular complexity index is 613. The van der Waals surface area contributed by atoms with Crippen LogP contribution in [-0.4, -0.2) is 46.7 Å². The van der Waals surface area contributed by atoms with E-state index >= 15 is 0 Å². The molecule has 0 spiro atoms. The Morgan fingerprint density at radius 3 is 1.88 bits per heavy atom. The van der Waals surface area contributed by atoms with Gasteiger partial charge in [-0.2, -0.15) is 0 Å². The van der Waals surface area contributed by atoms with E-state index in [0.29, 0.717) is 30.6 Å². The number of carbonyl (C=O) groups excluding carboxylic acids is 3. The SMILES string of the molecule is CCCN(CCC)C(=O)C(CC(C)C)N1C(=O)c2ccccc2C1=O. The van der Waals surface area contributed by atoms with Crippen LogP contribution in [0.3, 0.4) is 0 Å². The molecule has 1 aromatic carbocycles. The maximum absolute atomic E-state index is 13.2. The summed E-state index contributed by atoms with van der Waals surface area (Å²) in [6.07, 6.45) is 2.18. The van der Waals surface area contributed by atoms with Gasteiger partial charge in [0, 0.05) is 13.1 Å². The van der Waals surface area contributed by atoms with Gasteiger partial charge in [-0.15, -0.1) is 0 Å². The molecule has 25 heavy (non-hydrogen) atoms. The monoisotopic (exact) mass is 344 g/mol. The molecule has 0 saturated heterocycles. The molecule has 1 aromatic rings. The number of hydrogen-bond acceptors (Lipinski definition) is 3. The summed E-state index contributed by atoms with van der Waals surface area (Å²) in [6, 6.07) is 6.07. The molecule has 1 aliphatic heterocycles. The second kappa shape index (κ2) is 8.28. The summed E-state index contributed by atoms with van der Waals surface area (Å²) in [5, 5.41) is 0. The smallest absolute Gasteiger partial charge is 0.262 e. The standard InChI is InChI=1S/C20H28N2O3/c1-5-11-21(12-6-2)20(25)17(13-14(3)4)22-18(23)15-9-7-8-10-16(15)19(22)24/h7-10,14,17H,5-6,11-13H2,1-4H3. The number of amides is 3. The van der Waals surface area contributed by atoms with Crippen molar-refractivity contribution >= 4 is 17.7 Å². The molecule has 0 saturated carbocycles. The maximum Gasteiger partial charge on any atom is 0.262 e. The van der Waals surface area contributed by atoms with Gasteiger partial charge in [0.1, 0.15) is 6.04 Å². The quantitative estimate of drug-likeness (QED) is 0.680. The van der Waals surface area contributed by atoms with Crippen LogP contribution in [0.2, 0.25) is 0 Å². The number of rotatable bonds is 8. The van der Waals surface area contributed by atoms with E-state index in [1.807, 2.05) is 27.7 Å². The molecule has 0 bridgehead atoms. The van der Waals surface area contributed by atoms with Crippen molar-refractivity contribution in [2.75, 3.05) is 13.1 Å². The first-order chi connectivity index (χ1) is 11.9. The Kier molecular flexibility index (Phi) is 6.34. The summed E-state index contributed by atoms with van der Waals surface area (Å²) in [5.74, 6) is -0.629. The van der Waals surface area contributed by atoms with Crippen molar-refractivity contribution in [1.82, 2.24) is 9.80 Å². The molecular weight excluding hydrogens is 316 g/mol. The van der Waals surface area contributed by atoms with Crippen LogP contribution in [0.1, 0.15) is 67.7 Å². The van der Waals surface area contributed by atoms with E-state index in [0.717, 1.165) is 12.8 Å². The molecule has 0 aromatic heterocycles. The average Bonchev–Trinajstić information content (AvgIpc) is 2.83. The van der Waals surface area contributed by atoms with Crippen molar-refractivity contribution in [3.05, 3.63) is 35.4 Å². The molecule has 5 nitrogen and oxygen atoms in total. The van der Waals surface area contributed by atoms with E-state index in [1.165, 1.54) is 4.90 Å². The number of imide groups is 1. The maximum atomic E-state index is 13.2. The minimum Gasteiger partial charge on any atom is -0.341 e. The lowest BCUT2D eigenvalue weighted by molar-refractivity contribution is -0.136. The van der Waals surface area contributed by atoms with Crippen molar-refractivity contribution in [3.8, 4) is 0 Å². The third-order valence-corrected chi connectivity index (χ3v) is 4.42. The highest BCUT2D eigenvalue weighted by atomic mass is 16.2. The van der Waals surface area contributed by atoms with Crippen LogP contribution >= 0.6 is 0 Å². The Morgan fingerprint density at radius 1 is 1.00 bits per heavy atom. The molecule has 136 valence electrons. The van der Waals surface area contributed by atoms with Gasteiger partial charge in [-0.3, -0.25) is 19.3 Å². The zero-order valence-electron chi connectivity index (χ0n) is 15.6. The van der Waals surface area contributed by atoms with Gasteiger partial charge in [-0.05, 0) is 37.3 Å². The Morgan fingerprint density at radius 2 is 1.48 bits per heavy atom. The first kappa shape index (κ1) is 19.2. The molecule has 2 rings (SSSR count). The lowest BCUT2D eigenvalue weighted by Crippen LogP contribution is -2.51. The van der Waals surface area contributed by atoms with Crippen molar-refractivity contribution in [3.63, 3.8) is 0 Å². The van der Waals surface area contributed by atoms with Gasteiger partial charge in [0.05, 0.1) is 11.1 Å². The third-order valence-electron chi connectivity index (χ3n) is 4.42. The average molecular weight is 344 g/mol. The summed E-state index contributed by atoms with van der Waals surface area (Å²) < 4.78 is 0. The fraction of sp³-hybridized carbons (Fsp3) is 0.550. The van der Waals surface area contributed by atoms with E-state index < -0.39 is 6.04 Å². The summed E-state index contributed by atoms with van der Waals surface area (Å²) in [7, 11) is 0. The number of nitrogens with zero attached hydrogens (tertiary/aromatic N) is 2. The highest BCUT2D eigenvalue weighted by Crippen LogP contribution is 2.27. The van der Waals surface area contributed by atoms with Crippen molar-refractivity contribution in [2.45, 2.75) is 53.0 Å². The predicted octanol–water partition coefficient (Wildman–Crippen LogP) is 3.35. The summed E-state index contributed by atoms with van der Waals surface area (Å²) >= 11 is 0.